The maximum Gasteiger partial charge on any atom is 0.180 e. The van der Waals surface area contributed by atoms with E-state index in [1.807, 2.05) is 17.9 Å². The van der Waals surface area contributed by atoms with E-state index in [1.54, 1.807) is 0 Å². The van der Waals surface area contributed by atoms with Gasteiger partial charge < -0.3 is 0 Å². The van der Waals surface area contributed by atoms with Crippen LogP contribution in [0.15, 0.2) is 24.6 Å². The van der Waals surface area contributed by atoms with E-state index in [0.29, 0.717) is 0 Å². The van der Waals surface area contributed by atoms with Gasteiger partial charge in [-0.05, 0) is 0 Å². The van der Waals surface area contributed by atoms with Gasteiger partial charge in [0.15, 0.2) is 8.07 Å². The van der Waals surface area contributed by atoms with Crippen molar-refractivity contribution in [2.24, 2.45) is 0 Å². The van der Waals surface area contributed by atoms with Gasteiger partial charge in [0.25, 0.3) is 0 Å². The highest BCUT2D eigenvalue weighted by Gasteiger charge is 2.13. The molecule has 0 aliphatic rings. The molecule has 42 valence electrons. The van der Waals surface area contributed by atoms with Gasteiger partial charge in [-0.15, -0.1) is 25.1 Å². The first-order chi connectivity index (χ1) is 3.68. The highest BCUT2D eigenvalue weighted by molar-refractivity contribution is 6.94. The zero-order valence-electron chi connectivity index (χ0n) is 5.15. The maximum absolute atomic E-state index is 5.20. The first-order valence-electron chi connectivity index (χ1n) is 2.43. The first-order valence-corrected chi connectivity index (χ1v) is 5.09. The summed E-state index contributed by atoms with van der Waals surface area (Å²) in [6.45, 7) is 9.27. The minimum absolute atomic E-state index is 1.62. The molecule has 0 unspecified atom stereocenters. The van der Waals surface area contributed by atoms with Gasteiger partial charge in [-0.3, -0.25) is 0 Å². The molecule has 0 saturated heterocycles. The van der Waals surface area contributed by atoms with Crippen molar-refractivity contribution < 1.29 is 0 Å². The van der Waals surface area contributed by atoms with Crippen LogP contribution in [0.4, 0.5) is 0 Å². The summed E-state index contributed by atoms with van der Waals surface area (Å²) in [7, 11) is -1.62. The summed E-state index contributed by atoms with van der Waals surface area (Å²) < 4.78 is 0. The Morgan fingerprint density at radius 3 is 1.88 bits per heavy atom. The van der Waals surface area contributed by atoms with Crippen molar-refractivity contribution in [1.29, 1.82) is 0 Å². The van der Waals surface area contributed by atoms with Crippen LogP contribution in [0.3, 0.4) is 0 Å². The van der Waals surface area contributed by atoms with Crippen LogP contribution in [-0.2, 0) is 0 Å². The summed E-state index contributed by atoms with van der Waals surface area (Å²) in [5.41, 5.74) is 6.35. The largest absolute Gasteiger partial charge is 0.180 e. The van der Waals surface area contributed by atoms with Crippen LogP contribution < -0.4 is 0 Å². The zero-order valence-corrected chi connectivity index (χ0v) is 6.15. The molecule has 0 fully saturated rings. The van der Waals surface area contributed by atoms with Gasteiger partial charge >= 0.3 is 0 Å². The molecular formula is C7H10Si. The van der Waals surface area contributed by atoms with Gasteiger partial charge in [-0.25, -0.2) is 0 Å². The van der Waals surface area contributed by atoms with E-state index >= 15 is 0 Å². The van der Waals surface area contributed by atoms with Crippen LogP contribution >= 0.6 is 0 Å². The van der Waals surface area contributed by atoms with Gasteiger partial charge in [0, 0.05) is 0 Å². The highest BCUT2D eigenvalue weighted by Crippen LogP contribution is 2.00. The normalized spacial score (nSPS) is 9.50. The SMILES string of the molecule is C#C[Si](C)(C=C)C=C. The Morgan fingerprint density at radius 1 is 1.50 bits per heavy atom. The average Bonchev–Trinajstić information content (AvgIpc) is 1.87. The lowest BCUT2D eigenvalue weighted by atomic mass is 11.2. The summed E-state index contributed by atoms with van der Waals surface area (Å²) >= 11 is 0. The first kappa shape index (κ1) is 7.26. The van der Waals surface area contributed by atoms with E-state index in [1.165, 1.54) is 0 Å². The molecule has 0 nitrogen and oxygen atoms in total. The molecule has 0 N–H and O–H groups in total. The second-order valence-corrected chi connectivity index (χ2v) is 5.51. The molecule has 0 aromatic carbocycles. The molecular weight excluding hydrogens is 112 g/mol. The minimum Gasteiger partial charge on any atom is -0.126 e. The van der Waals surface area contributed by atoms with Crippen molar-refractivity contribution in [2.45, 2.75) is 6.55 Å². The molecule has 0 bridgehead atoms. The second-order valence-electron chi connectivity index (χ2n) is 1.84. The Hall–Kier alpha value is -0.743. The third-order valence-corrected chi connectivity index (χ3v) is 3.48. The molecule has 0 atom stereocenters. The minimum atomic E-state index is -1.62. The van der Waals surface area contributed by atoms with Gasteiger partial charge in [-0.2, -0.15) is 0 Å². The van der Waals surface area contributed by atoms with E-state index in [9.17, 15) is 0 Å². The number of hydrogen-bond donors (Lipinski definition) is 0. The topological polar surface area (TPSA) is 0 Å². The lowest BCUT2D eigenvalue weighted by Gasteiger charge is -2.05. The molecule has 0 heterocycles. The van der Waals surface area contributed by atoms with Crippen LogP contribution in [0.25, 0.3) is 0 Å². The summed E-state index contributed by atoms with van der Waals surface area (Å²) in [4.78, 5) is 0. The van der Waals surface area contributed by atoms with E-state index in [-0.39, 0.29) is 0 Å². The second kappa shape index (κ2) is 2.54. The van der Waals surface area contributed by atoms with Crippen molar-refractivity contribution in [3.63, 3.8) is 0 Å². The smallest absolute Gasteiger partial charge is 0.126 e. The van der Waals surface area contributed by atoms with Crippen LogP contribution in [0, 0.1) is 12.0 Å². The summed E-state index contributed by atoms with van der Waals surface area (Å²) in [5.74, 6) is 0. The monoisotopic (exact) mass is 122 g/mol. The van der Waals surface area contributed by atoms with Crippen molar-refractivity contribution in [3.8, 4) is 12.0 Å². The summed E-state index contributed by atoms with van der Waals surface area (Å²) in [6, 6.07) is 0. The Kier molecular flexibility index (Phi) is 2.30. The molecule has 0 rings (SSSR count). The fraction of sp³-hybridized carbons (Fsp3) is 0.143. The molecule has 0 saturated carbocycles. The van der Waals surface area contributed by atoms with Crippen LogP contribution in [0.1, 0.15) is 0 Å². The molecule has 0 aliphatic carbocycles. The van der Waals surface area contributed by atoms with Crippen LogP contribution in [0.5, 0.6) is 0 Å². The lowest BCUT2D eigenvalue weighted by Crippen LogP contribution is -2.21. The third-order valence-electron chi connectivity index (χ3n) is 1.16. The molecule has 0 aliphatic heterocycles. The summed E-state index contributed by atoms with van der Waals surface area (Å²) in [6.07, 6.45) is 5.20. The van der Waals surface area contributed by atoms with Crippen molar-refractivity contribution in [1.82, 2.24) is 0 Å². The Morgan fingerprint density at radius 2 is 1.88 bits per heavy atom. The van der Waals surface area contributed by atoms with Crippen molar-refractivity contribution >= 4 is 8.07 Å². The average molecular weight is 122 g/mol. The van der Waals surface area contributed by atoms with Gasteiger partial charge in [0.2, 0.25) is 0 Å². The van der Waals surface area contributed by atoms with E-state index in [2.05, 4.69) is 18.7 Å². The zero-order chi connectivity index (χ0) is 6.62. The highest BCUT2D eigenvalue weighted by atomic mass is 28.3. The van der Waals surface area contributed by atoms with Gasteiger partial charge in [0.05, 0.1) is 0 Å². The molecule has 0 radical (unpaired) electrons. The predicted molar refractivity (Wildman–Crippen MR) is 40.8 cm³/mol. The van der Waals surface area contributed by atoms with Gasteiger partial charge in [0.1, 0.15) is 0 Å². The Bertz CT molecular complexity index is 131. The number of terminal acetylenes is 1. The van der Waals surface area contributed by atoms with Crippen LogP contribution in [0.2, 0.25) is 6.55 Å². The van der Waals surface area contributed by atoms with E-state index < -0.39 is 8.07 Å². The van der Waals surface area contributed by atoms with Crippen molar-refractivity contribution in [3.05, 3.63) is 24.6 Å². The third kappa shape index (κ3) is 1.40. The molecule has 0 spiro atoms. The maximum atomic E-state index is 5.20. The molecule has 0 amide bonds. The molecule has 0 aromatic heterocycles. The standard InChI is InChI=1S/C7H10Si/c1-5-8(4,6-2)7-3/h1,6-7H,2-3H2,4H3. The fourth-order valence-corrected chi connectivity index (χ4v) is 0.604. The quantitative estimate of drug-likeness (QED) is 0.386. The number of rotatable bonds is 2. The van der Waals surface area contributed by atoms with Crippen LogP contribution in [-0.4, -0.2) is 8.07 Å². The fourth-order valence-electron chi connectivity index (χ4n) is 0.201. The van der Waals surface area contributed by atoms with E-state index in [4.69, 9.17) is 6.42 Å². The Labute approximate surface area is 51.9 Å². The predicted octanol–water partition coefficient (Wildman–Crippen LogP) is 1.69. The Balaban J connectivity index is 4.26. The summed E-state index contributed by atoms with van der Waals surface area (Å²) in [5, 5.41) is 0. The van der Waals surface area contributed by atoms with Crippen molar-refractivity contribution in [2.75, 3.05) is 0 Å². The molecule has 0 aromatic rings. The molecule has 8 heavy (non-hydrogen) atoms. The number of hydrogen-bond acceptors (Lipinski definition) is 0. The lowest BCUT2D eigenvalue weighted by molar-refractivity contribution is 2.01. The van der Waals surface area contributed by atoms with Gasteiger partial charge in [-0.1, -0.05) is 17.9 Å². The molecule has 1 heteroatoms. The van der Waals surface area contributed by atoms with E-state index in [0.717, 1.165) is 0 Å².